The first-order chi connectivity index (χ1) is 66.2. The van der Waals surface area contributed by atoms with E-state index in [2.05, 4.69) is 550 Å². The van der Waals surface area contributed by atoms with Crippen LogP contribution in [0.4, 0.5) is 0 Å². The summed E-state index contributed by atoms with van der Waals surface area (Å²) in [5, 5.41) is 5.43. The van der Waals surface area contributed by atoms with Crippen LogP contribution in [0, 0.1) is 94.2 Å². The van der Waals surface area contributed by atoms with Crippen LogP contribution in [0.1, 0.15) is 472 Å². The van der Waals surface area contributed by atoms with Crippen LogP contribution in [0.3, 0.4) is 0 Å². The van der Waals surface area contributed by atoms with Crippen molar-refractivity contribution < 1.29 is 0 Å². The fourth-order valence-electron chi connectivity index (χ4n) is 16.9. The minimum Gasteiger partial charge on any atom is -0.0888 e. The van der Waals surface area contributed by atoms with Gasteiger partial charge in [-0.1, -0.05) is 551 Å². The van der Waals surface area contributed by atoms with Gasteiger partial charge in [0.05, 0.1) is 0 Å². The summed E-state index contributed by atoms with van der Waals surface area (Å²) in [5.41, 5.74) is 25.8. The van der Waals surface area contributed by atoms with Gasteiger partial charge in [-0.25, -0.2) is 0 Å². The third-order valence-electron chi connectivity index (χ3n) is 26.8. The van der Waals surface area contributed by atoms with E-state index < -0.39 is 0 Å². The average Bonchev–Trinajstić information content (AvgIpc) is 0.834. The number of fused-ring (bicyclic) bond motifs is 2. The second kappa shape index (κ2) is 66.9. The van der Waals surface area contributed by atoms with Gasteiger partial charge in [-0.05, 0) is 315 Å². The van der Waals surface area contributed by atoms with E-state index in [0.717, 1.165) is 78.9 Å². The van der Waals surface area contributed by atoms with Crippen LogP contribution in [0.5, 0.6) is 0 Å². The van der Waals surface area contributed by atoms with Gasteiger partial charge in [-0.2, -0.15) is 0 Å². The molecule has 1 aliphatic rings. The zero-order valence-corrected chi connectivity index (χ0v) is 98.2. The molecule has 0 aromatic heterocycles. The molecular weight excluding hydrogens is 1690 g/mol. The molecule has 0 bridgehead atoms. The van der Waals surface area contributed by atoms with E-state index in [4.69, 9.17) is 0 Å². The van der Waals surface area contributed by atoms with Crippen LogP contribution in [-0.4, -0.2) is 0 Å². The molecule has 0 aliphatic heterocycles. The molecule has 0 radical (unpaired) electrons. The van der Waals surface area contributed by atoms with Gasteiger partial charge in [-0.15, -0.1) is 0 Å². The van der Waals surface area contributed by atoms with E-state index in [0.29, 0.717) is 76.4 Å². The van der Waals surface area contributed by atoms with Gasteiger partial charge in [0, 0.05) is 12.8 Å². The van der Waals surface area contributed by atoms with Crippen molar-refractivity contribution in [2.45, 2.75) is 420 Å². The molecule has 0 atom stereocenters. The summed E-state index contributed by atoms with van der Waals surface area (Å²) in [6, 6.07) is 90.0. The monoisotopic (exact) mass is 1900 g/mol. The van der Waals surface area contributed by atoms with E-state index in [1.165, 1.54) is 173 Å². The zero-order chi connectivity index (χ0) is 106. The van der Waals surface area contributed by atoms with Crippen LogP contribution in [0.25, 0.3) is 43.8 Å². The van der Waals surface area contributed by atoms with Crippen molar-refractivity contribution in [2.75, 3.05) is 0 Å². The second-order valence-electron chi connectivity index (χ2n) is 48.8. The molecule has 12 rings (SSSR count). The summed E-state index contributed by atoms with van der Waals surface area (Å²) in [6.07, 6.45) is 15.3. The van der Waals surface area contributed by atoms with Gasteiger partial charge < -0.3 is 0 Å². The molecule has 0 nitrogen and oxygen atoms in total. The third kappa shape index (κ3) is 52.9. The lowest BCUT2D eigenvalue weighted by molar-refractivity contribution is 0.132. The van der Waals surface area contributed by atoms with Crippen molar-refractivity contribution in [3.05, 3.63) is 321 Å². The molecular formula is C141H208. The van der Waals surface area contributed by atoms with E-state index in [1.54, 1.807) is 0 Å². The van der Waals surface area contributed by atoms with E-state index in [-0.39, 0.29) is 0 Å². The highest BCUT2D eigenvalue weighted by atomic mass is 14.4. The first-order valence-corrected chi connectivity index (χ1v) is 55.9. The molecule has 11 aromatic rings. The Balaban J connectivity index is 0.000000406. The Kier molecular flexibility index (Phi) is 59.9. The second-order valence-corrected chi connectivity index (χ2v) is 48.8. The highest BCUT2D eigenvalue weighted by Crippen LogP contribution is 2.42. The lowest BCUT2D eigenvalue weighted by Gasteiger charge is -2.38. The predicted molar refractivity (Wildman–Crippen MR) is 639 cm³/mol. The summed E-state index contributed by atoms with van der Waals surface area (Å²) in [4.78, 5) is 0. The molecule has 772 valence electrons. The van der Waals surface area contributed by atoms with Crippen LogP contribution < -0.4 is 0 Å². The first kappa shape index (κ1) is 126. The number of hydrogen-bond acceptors (Lipinski definition) is 0. The summed E-state index contributed by atoms with van der Waals surface area (Å²) < 4.78 is 0. The Labute approximate surface area is 872 Å². The van der Waals surface area contributed by atoms with Crippen molar-refractivity contribution in [3.63, 3.8) is 0 Å². The van der Waals surface area contributed by atoms with Crippen molar-refractivity contribution in [1.82, 2.24) is 0 Å². The summed E-state index contributed by atoms with van der Waals surface area (Å²) >= 11 is 0. The molecule has 0 saturated heterocycles. The minimum atomic E-state index is 0.544. The largest absolute Gasteiger partial charge is 0.0888 e. The fourth-order valence-corrected chi connectivity index (χ4v) is 16.9. The molecule has 0 heterocycles. The Hall–Kier alpha value is -8.94. The van der Waals surface area contributed by atoms with Crippen LogP contribution in [0.2, 0.25) is 0 Å². The molecule has 0 spiro atoms. The lowest BCUT2D eigenvalue weighted by atomic mass is 9.68. The standard InChI is InChI=1S/C20H26.C18H22.2C16H20.C14H22.C13H26.3C12H18.C8H18/c1-15(2)13-17-5-9-19(10-6-17)20-11-7-18(8-12-20)14-16(3)4;1-13(2)15-5-9-17(10-6-15)18-11-7-16(8-12-18)14(3)4;1-11(2)13-5-7-16-10-14(12(3)4)6-8-15(16)9-13;1-11(2)14-7-5-13-6-8-15(12(3)4)10-16(13)9-14;1-11(2)9-13-5-7-14(8-6-13)10-12(3)4;1-10(2)11-6-8-12(9-7-11)13(3,4)5;1-9(2)11-5-7-12(8-6-11)10(3)4;1-9(2)11-6-5-7-12(8-11)10(3)4;1-11(2)9-7-5-6-8-10-12(3)4;1-7(2)5-6-8(3)4/h5-12,15-16H,13-14H2,1-4H3;5-14H,1-4H3;2*5-12H,1-4H3;5-8,11-12H,9-10H2,1-4H3;10-12H,6-9H2,1-5H3;2*5-10H,1-4H3;11-12H,9-10H2,1-4H3;7-8H,5-6H2,1-4H3. The lowest BCUT2D eigenvalue weighted by Crippen LogP contribution is -2.27. The molecule has 0 unspecified atom stereocenters. The highest BCUT2D eigenvalue weighted by Gasteiger charge is 2.30. The van der Waals surface area contributed by atoms with Gasteiger partial charge in [0.25, 0.3) is 0 Å². The first-order valence-electron chi connectivity index (χ1n) is 55.9. The molecule has 0 heteroatoms. The van der Waals surface area contributed by atoms with Crippen molar-refractivity contribution in [2.24, 2.45) is 70.5 Å². The predicted octanol–water partition coefficient (Wildman–Crippen LogP) is 44.1. The van der Waals surface area contributed by atoms with Crippen LogP contribution in [-0.2, 0) is 25.7 Å². The Morgan fingerprint density at radius 1 is 0.213 bits per heavy atom. The van der Waals surface area contributed by atoms with E-state index >= 15 is 0 Å². The minimum absolute atomic E-state index is 0.544. The molecule has 141 heavy (non-hydrogen) atoms. The maximum atomic E-state index is 3.03. The summed E-state index contributed by atoms with van der Waals surface area (Å²) in [5.74, 6) is 26.9. The fraction of sp³-hybridized carbons (Fsp3) is 0.532. The number of benzene rings is 11. The molecule has 11 aromatic carbocycles. The van der Waals surface area contributed by atoms with Gasteiger partial charge in [-0.3, -0.25) is 0 Å². The molecule has 0 amide bonds. The molecule has 0 N–H and O–H groups in total. The maximum absolute atomic E-state index is 3.03. The molecule has 1 saturated carbocycles. The smallest absolute Gasteiger partial charge is 0.0122 e. The highest BCUT2D eigenvalue weighted by molar-refractivity contribution is 5.85. The topological polar surface area (TPSA) is 0 Å². The van der Waals surface area contributed by atoms with Crippen molar-refractivity contribution in [1.29, 1.82) is 0 Å². The van der Waals surface area contributed by atoms with Gasteiger partial charge in [0.2, 0.25) is 0 Å². The van der Waals surface area contributed by atoms with Gasteiger partial charge in [0.1, 0.15) is 0 Å². The van der Waals surface area contributed by atoms with E-state index in [1.807, 2.05) is 0 Å². The SMILES string of the molecule is CC(C)C1CCC(C(C)(C)C)CC1.CC(C)CC#CC#CCC(C)C.CC(C)CCC(C)C.CC(C)Cc1ccc(-c2ccc(CC(C)C)cc2)cc1.CC(C)Cc1ccc(CC(C)C)cc1.CC(C)c1ccc(-c2ccc(C(C)C)cc2)cc1.CC(C)c1ccc(C(C)C)cc1.CC(C)c1ccc2cc(C(C)C)ccc2c1.CC(C)c1ccc2ccc(C(C)C)cc2c1.CC(C)c1cccc(C(C)C)c1. The van der Waals surface area contributed by atoms with Crippen LogP contribution >= 0.6 is 0 Å². The number of rotatable bonds is 26. The Bertz CT molecular complexity index is 4940. The normalized spacial score (nSPS) is 12.9. The third-order valence-corrected chi connectivity index (χ3v) is 26.8. The molecule has 1 aliphatic carbocycles. The Morgan fingerprint density at radius 3 is 0.645 bits per heavy atom. The van der Waals surface area contributed by atoms with Gasteiger partial charge in [0.15, 0.2) is 0 Å². The summed E-state index contributed by atoms with van der Waals surface area (Å²) in [6.45, 7) is 92.5. The Morgan fingerprint density at radius 2 is 0.426 bits per heavy atom. The van der Waals surface area contributed by atoms with Crippen molar-refractivity contribution in [3.8, 4) is 45.9 Å². The zero-order valence-electron chi connectivity index (χ0n) is 98.2. The average molecular weight is 1900 g/mol. The molecule has 1 fully saturated rings. The van der Waals surface area contributed by atoms with Crippen LogP contribution in [0.15, 0.2) is 243 Å². The quantitative estimate of drug-likeness (QED) is 0.0474. The van der Waals surface area contributed by atoms with E-state index in [9.17, 15) is 0 Å². The number of hydrogen-bond donors (Lipinski definition) is 0. The van der Waals surface area contributed by atoms with Crippen molar-refractivity contribution >= 4 is 21.5 Å². The van der Waals surface area contributed by atoms with Gasteiger partial charge >= 0.3 is 0 Å². The summed E-state index contributed by atoms with van der Waals surface area (Å²) in [7, 11) is 0. The maximum Gasteiger partial charge on any atom is 0.0122 e.